The molecular formula is C29H36FN3O4. The molecule has 1 aliphatic rings. The molecule has 7 nitrogen and oxygen atoms in total. The standard InChI is InChI=1S/C29H34FN3O4.H2/c1-3-5-21(4-2)17-32-29(36)28(24-16-25(30)19-31-18-24)33(20-23-12-14-37-15-13-23)27(35)11-8-22-6-9-26(34)10-7-22;/h3-7,9-10,16,18-19,23,28,34H,1-2,8,11-15,17,20H2,(H,32,36);1H/b21-5+;. The normalized spacial score (nSPS) is 15.0. The zero-order valence-corrected chi connectivity index (χ0v) is 20.9. The number of aromatic nitrogens is 1. The van der Waals surface area contributed by atoms with Gasteiger partial charge in [0.2, 0.25) is 11.8 Å². The van der Waals surface area contributed by atoms with Crippen molar-refractivity contribution in [2.75, 3.05) is 26.3 Å². The molecule has 1 atom stereocenters. The lowest BCUT2D eigenvalue weighted by molar-refractivity contribution is -0.142. The summed E-state index contributed by atoms with van der Waals surface area (Å²) in [6.45, 7) is 9.12. The van der Waals surface area contributed by atoms with Crippen LogP contribution in [-0.4, -0.2) is 53.1 Å². The maximum atomic E-state index is 14.2. The van der Waals surface area contributed by atoms with E-state index >= 15 is 0 Å². The number of aromatic hydroxyl groups is 1. The van der Waals surface area contributed by atoms with Crippen LogP contribution < -0.4 is 5.32 Å². The lowest BCUT2D eigenvalue weighted by Crippen LogP contribution is -2.46. The number of allylic oxidation sites excluding steroid dienone is 2. The summed E-state index contributed by atoms with van der Waals surface area (Å²) in [6, 6.07) is 6.84. The number of nitrogens with one attached hydrogen (secondary N) is 1. The van der Waals surface area contributed by atoms with Crippen LogP contribution in [0.1, 0.15) is 37.9 Å². The smallest absolute Gasteiger partial charge is 0.247 e. The fourth-order valence-corrected chi connectivity index (χ4v) is 4.30. The van der Waals surface area contributed by atoms with E-state index in [1.807, 2.05) is 0 Å². The lowest BCUT2D eigenvalue weighted by atomic mass is 9.96. The number of aryl methyl sites for hydroxylation is 1. The molecule has 0 bridgehead atoms. The van der Waals surface area contributed by atoms with E-state index in [1.165, 1.54) is 12.3 Å². The molecule has 1 unspecified atom stereocenters. The second-order valence-corrected chi connectivity index (χ2v) is 9.01. The molecule has 2 aromatic rings. The Hall–Kier alpha value is -3.78. The minimum atomic E-state index is -1.06. The number of carbonyl (C=O) groups is 2. The zero-order chi connectivity index (χ0) is 26.6. The third-order valence-electron chi connectivity index (χ3n) is 6.34. The van der Waals surface area contributed by atoms with Gasteiger partial charge in [0.25, 0.3) is 0 Å². The van der Waals surface area contributed by atoms with Gasteiger partial charge in [0.15, 0.2) is 0 Å². The average Bonchev–Trinajstić information content (AvgIpc) is 2.91. The molecule has 2 amide bonds. The van der Waals surface area contributed by atoms with Crippen LogP contribution in [0, 0.1) is 11.7 Å². The number of phenolic OH excluding ortho intramolecular Hbond substituents is 1. The number of ether oxygens (including phenoxy) is 1. The topological polar surface area (TPSA) is 91.8 Å². The van der Waals surface area contributed by atoms with Crippen molar-refractivity contribution in [3.05, 3.63) is 96.6 Å². The van der Waals surface area contributed by atoms with Crippen molar-refractivity contribution >= 4 is 11.8 Å². The highest BCUT2D eigenvalue weighted by molar-refractivity contribution is 5.89. The van der Waals surface area contributed by atoms with E-state index in [0.29, 0.717) is 31.7 Å². The van der Waals surface area contributed by atoms with Gasteiger partial charge in [-0.2, -0.15) is 0 Å². The minimum Gasteiger partial charge on any atom is -0.508 e. The first kappa shape index (κ1) is 27.8. The van der Waals surface area contributed by atoms with Crippen molar-refractivity contribution in [1.82, 2.24) is 15.2 Å². The highest BCUT2D eigenvalue weighted by atomic mass is 19.1. The molecule has 37 heavy (non-hydrogen) atoms. The number of phenols is 1. The summed E-state index contributed by atoms with van der Waals surface area (Å²) in [5, 5.41) is 12.4. The van der Waals surface area contributed by atoms with Gasteiger partial charge in [-0.25, -0.2) is 4.39 Å². The van der Waals surface area contributed by atoms with Gasteiger partial charge in [-0.15, -0.1) is 0 Å². The summed E-state index contributed by atoms with van der Waals surface area (Å²) in [5.74, 6) is -0.955. The number of nitrogens with zero attached hydrogens (tertiary/aromatic N) is 2. The predicted octanol–water partition coefficient (Wildman–Crippen LogP) is 4.52. The van der Waals surface area contributed by atoms with Crippen molar-refractivity contribution in [3.8, 4) is 5.75 Å². The van der Waals surface area contributed by atoms with Crippen molar-refractivity contribution in [2.24, 2.45) is 5.92 Å². The fraction of sp³-hybridized carbons (Fsp3) is 0.345. The van der Waals surface area contributed by atoms with Crippen molar-refractivity contribution in [2.45, 2.75) is 31.7 Å². The van der Waals surface area contributed by atoms with Gasteiger partial charge in [-0.05, 0) is 54.5 Å². The molecule has 0 radical (unpaired) electrons. The van der Waals surface area contributed by atoms with E-state index in [-0.39, 0.29) is 32.0 Å². The van der Waals surface area contributed by atoms with Gasteiger partial charge in [0.05, 0.1) is 6.20 Å². The van der Waals surface area contributed by atoms with Crippen LogP contribution in [0.15, 0.2) is 79.7 Å². The second kappa shape index (κ2) is 14.1. The molecule has 0 spiro atoms. The number of rotatable bonds is 12. The number of benzene rings is 1. The summed E-state index contributed by atoms with van der Waals surface area (Å²) < 4.78 is 19.7. The van der Waals surface area contributed by atoms with E-state index < -0.39 is 17.8 Å². The first-order valence-electron chi connectivity index (χ1n) is 12.4. The number of carbonyl (C=O) groups excluding carboxylic acids is 2. The third-order valence-corrected chi connectivity index (χ3v) is 6.34. The number of pyridine rings is 1. The number of hydrogen-bond donors (Lipinski definition) is 2. The van der Waals surface area contributed by atoms with Crippen LogP contribution in [0.2, 0.25) is 0 Å². The Labute approximate surface area is 218 Å². The Bertz CT molecular complexity index is 1120. The molecule has 1 aromatic carbocycles. The molecule has 2 N–H and O–H groups in total. The quantitative estimate of drug-likeness (QED) is 0.411. The van der Waals surface area contributed by atoms with Gasteiger partial charge in [0, 0.05) is 45.9 Å². The fourth-order valence-electron chi connectivity index (χ4n) is 4.30. The molecule has 1 saturated heterocycles. The molecular weight excluding hydrogens is 473 g/mol. The highest BCUT2D eigenvalue weighted by Gasteiger charge is 2.33. The number of halogens is 1. The molecule has 1 fully saturated rings. The molecule has 1 aliphatic heterocycles. The summed E-state index contributed by atoms with van der Waals surface area (Å²) in [6.07, 6.45) is 9.54. The molecule has 2 heterocycles. The van der Waals surface area contributed by atoms with Crippen LogP contribution in [0.4, 0.5) is 4.39 Å². The third kappa shape index (κ3) is 8.39. The van der Waals surface area contributed by atoms with Gasteiger partial charge in [-0.1, -0.05) is 43.5 Å². The summed E-state index contributed by atoms with van der Waals surface area (Å²) >= 11 is 0. The monoisotopic (exact) mass is 509 g/mol. The molecule has 0 aliphatic carbocycles. The molecule has 1 aromatic heterocycles. The van der Waals surface area contributed by atoms with Crippen LogP contribution >= 0.6 is 0 Å². The Morgan fingerprint density at radius 3 is 2.62 bits per heavy atom. The maximum absolute atomic E-state index is 14.2. The predicted molar refractivity (Wildman–Crippen MR) is 142 cm³/mol. The summed E-state index contributed by atoms with van der Waals surface area (Å²) in [4.78, 5) is 32.7. The summed E-state index contributed by atoms with van der Waals surface area (Å²) in [7, 11) is 0. The molecule has 3 rings (SSSR count). The maximum Gasteiger partial charge on any atom is 0.247 e. The van der Waals surface area contributed by atoms with Crippen LogP contribution in [-0.2, 0) is 20.7 Å². The van der Waals surface area contributed by atoms with E-state index in [2.05, 4.69) is 23.5 Å². The Balaban J connectivity index is 0.00000507. The number of hydrogen-bond acceptors (Lipinski definition) is 5. The Morgan fingerprint density at radius 2 is 1.97 bits per heavy atom. The van der Waals surface area contributed by atoms with Crippen LogP contribution in [0.25, 0.3) is 0 Å². The minimum absolute atomic E-state index is 0. The van der Waals surface area contributed by atoms with E-state index in [4.69, 9.17) is 4.74 Å². The van der Waals surface area contributed by atoms with Crippen molar-refractivity contribution in [3.63, 3.8) is 0 Å². The van der Waals surface area contributed by atoms with E-state index in [0.717, 1.165) is 30.2 Å². The number of amides is 2. The largest absolute Gasteiger partial charge is 0.508 e. The molecule has 0 saturated carbocycles. The second-order valence-electron chi connectivity index (χ2n) is 9.01. The van der Waals surface area contributed by atoms with E-state index in [9.17, 15) is 19.1 Å². The van der Waals surface area contributed by atoms with Crippen LogP contribution in [0.3, 0.4) is 0 Å². The average molecular weight is 510 g/mol. The SMILES string of the molecule is C=C/C=C(\C=C)CNC(=O)C(c1cncc(F)c1)N(CC1CCOCC1)C(=O)CCc1ccc(O)cc1.[HH]. The van der Waals surface area contributed by atoms with Gasteiger partial charge < -0.3 is 20.1 Å². The lowest BCUT2D eigenvalue weighted by Gasteiger charge is -2.35. The highest BCUT2D eigenvalue weighted by Crippen LogP contribution is 2.27. The van der Waals surface area contributed by atoms with E-state index in [1.54, 1.807) is 47.4 Å². The summed E-state index contributed by atoms with van der Waals surface area (Å²) in [5.41, 5.74) is 1.93. The molecule has 198 valence electrons. The van der Waals surface area contributed by atoms with Crippen LogP contribution in [0.5, 0.6) is 5.75 Å². The van der Waals surface area contributed by atoms with Gasteiger partial charge in [-0.3, -0.25) is 14.6 Å². The Morgan fingerprint density at radius 1 is 1.24 bits per heavy atom. The zero-order valence-electron chi connectivity index (χ0n) is 20.9. The van der Waals surface area contributed by atoms with Gasteiger partial charge >= 0.3 is 0 Å². The molecule has 8 heteroatoms. The van der Waals surface area contributed by atoms with Crippen molar-refractivity contribution in [1.29, 1.82) is 0 Å². The first-order chi connectivity index (χ1) is 17.9. The van der Waals surface area contributed by atoms with Gasteiger partial charge in [0.1, 0.15) is 17.6 Å². The first-order valence-corrected chi connectivity index (χ1v) is 12.4. The van der Waals surface area contributed by atoms with Crippen molar-refractivity contribution < 1.29 is 25.2 Å². The Kier molecular flexibility index (Phi) is 10.6.